The van der Waals surface area contributed by atoms with Crippen LogP contribution in [0.4, 0.5) is 0 Å². The van der Waals surface area contributed by atoms with Crippen molar-refractivity contribution in [3.8, 4) is 0 Å². The van der Waals surface area contributed by atoms with Crippen molar-refractivity contribution in [3.05, 3.63) is 0 Å². The van der Waals surface area contributed by atoms with E-state index in [0.717, 1.165) is 25.7 Å². The van der Waals surface area contributed by atoms with Gasteiger partial charge in [0.15, 0.2) is 0 Å². The Kier molecular flexibility index (Phi) is 6.46. The minimum Gasteiger partial charge on any atom is -0.481 e. The number of unbranched alkanes of at least 4 members (excludes halogenated alkanes) is 1. The molecular weight excluding hydrogens is 256 g/mol. The average Bonchev–Trinajstić information content (AvgIpc) is 2.44. The van der Waals surface area contributed by atoms with E-state index in [-0.39, 0.29) is 5.91 Å². The third-order valence-electron chi connectivity index (χ3n) is 4.26. The van der Waals surface area contributed by atoms with Crippen molar-refractivity contribution in [2.24, 2.45) is 11.1 Å². The molecule has 5 nitrogen and oxygen atoms in total. The van der Waals surface area contributed by atoms with E-state index in [4.69, 9.17) is 5.73 Å². The summed E-state index contributed by atoms with van der Waals surface area (Å²) in [7, 11) is 0. The first-order chi connectivity index (χ1) is 9.46. The summed E-state index contributed by atoms with van der Waals surface area (Å²) in [5, 5.41) is 9.53. The highest BCUT2D eigenvalue weighted by molar-refractivity contribution is 5.83. The summed E-state index contributed by atoms with van der Waals surface area (Å²) in [6, 6.07) is -0.485. The maximum absolute atomic E-state index is 12.3. The maximum atomic E-state index is 12.3. The molecule has 116 valence electrons. The summed E-state index contributed by atoms with van der Waals surface area (Å²) in [6.07, 6.45) is 5.46. The second-order valence-electron chi connectivity index (χ2n) is 5.95. The predicted octanol–water partition coefficient (Wildman–Crippen LogP) is 2.00. The van der Waals surface area contributed by atoms with Gasteiger partial charge in [0.1, 0.15) is 0 Å². The quantitative estimate of drug-likeness (QED) is 0.749. The smallest absolute Gasteiger partial charge is 0.311 e. The number of likely N-dealkylation sites (tertiary alicyclic amines) is 1. The normalized spacial score (nSPS) is 24.4. The van der Waals surface area contributed by atoms with E-state index in [1.165, 1.54) is 0 Å². The number of carboxylic acids is 1. The lowest BCUT2D eigenvalue weighted by Crippen LogP contribution is -2.53. The first-order valence-corrected chi connectivity index (χ1v) is 7.74. The Balaban J connectivity index is 2.72. The SMILES string of the molecule is CCCCC(N)C(=O)N1CCCC(CCC)(C(=O)O)C1. The Morgan fingerprint density at radius 1 is 1.35 bits per heavy atom. The van der Waals surface area contributed by atoms with Crippen molar-refractivity contribution >= 4 is 11.9 Å². The molecule has 2 atom stereocenters. The summed E-state index contributed by atoms with van der Waals surface area (Å²) < 4.78 is 0. The molecule has 20 heavy (non-hydrogen) atoms. The summed E-state index contributed by atoms with van der Waals surface area (Å²) >= 11 is 0. The second kappa shape index (κ2) is 7.62. The maximum Gasteiger partial charge on any atom is 0.311 e. The summed E-state index contributed by atoms with van der Waals surface area (Å²) in [6.45, 7) is 5.00. The third-order valence-corrected chi connectivity index (χ3v) is 4.26. The van der Waals surface area contributed by atoms with Crippen LogP contribution in [0.15, 0.2) is 0 Å². The Morgan fingerprint density at radius 2 is 2.05 bits per heavy atom. The summed E-state index contributed by atoms with van der Waals surface area (Å²) in [5.41, 5.74) is 5.16. The van der Waals surface area contributed by atoms with E-state index in [0.29, 0.717) is 32.4 Å². The molecule has 1 amide bonds. The standard InChI is InChI=1S/C15H28N2O3/c1-3-5-7-12(16)13(18)17-10-6-9-15(11-17,8-4-2)14(19)20/h12H,3-11,16H2,1-2H3,(H,19,20). The molecular formula is C15H28N2O3. The van der Waals surface area contributed by atoms with Gasteiger partial charge in [0.25, 0.3) is 0 Å². The number of rotatable bonds is 7. The van der Waals surface area contributed by atoms with Crippen LogP contribution in [0, 0.1) is 5.41 Å². The molecule has 1 aliphatic heterocycles. The van der Waals surface area contributed by atoms with Gasteiger partial charge in [0.05, 0.1) is 11.5 Å². The molecule has 1 saturated heterocycles. The number of carbonyl (C=O) groups excluding carboxylic acids is 1. The molecule has 3 N–H and O–H groups in total. The lowest BCUT2D eigenvalue weighted by atomic mass is 9.76. The van der Waals surface area contributed by atoms with Crippen LogP contribution in [-0.2, 0) is 9.59 Å². The molecule has 2 unspecified atom stereocenters. The largest absolute Gasteiger partial charge is 0.481 e. The number of hydrogen-bond donors (Lipinski definition) is 2. The molecule has 1 fully saturated rings. The molecule has 0 spiro atoms. The summed E-state index contributed by atoms with van der Waals surface area (Å²) in [4.78, 5) is 25.6. The van der Waals surface area contributed by atoms with Crippen LogP contribution >= 0.6 is 0 Å². The Morgan fingerprint density at radius 3 is 2.60 bits per heavy atom. The van der Waals surface area contributed by atoms with Crippen LogP contribution in [0.1, 0.15) is 58.8 Å². The second-order valence-corrected chi connectivity index (χ2v) is 5.95. The molecule has 0 aromatic heterocycles. The Bertz CT molecular complexity index is 342. The number of piperidine rings is 1. The van der Waals surface area contributed by atoms with Crippen molar-refractivity contribution in [3.63, 3.8) is 0 Å². The van der Waals surface area contributed by atoms with Gasteiger partial charge in [-0.3, -0.25) is 9.59 Å². The van der Waals surface area contributed by atoms with Crippen molar-refractivity contribution in [1.29, 1.82) is 0 Å². The number of nitrogens with two attached hydrogens (primary N) is 1. The number of amides is 1. The number of carboxylic acid groups (broad SMARTS) is 1. The highest BCUT2D eigenvalue weighted by Gasteiger charge is 2.43. The molecule has 1 aliphatic rings. The van der Waals surface area contributed by atoms with Crippen LogP contribution in [0.3, 0.4) is 0 Å². The van der Waals surface area contributed by atoms with E-state index in [1.54, 1.807) is 4.90 Å². The molecule has 5 heteroatoms. The average molecular weight is 284 g/mol. The van der Waals surface area contributed by atoms with Gasteiger partial charge in [-0.25, -0.2) is 0 Å². The van der Waals surface area contributed by atoms with Gasteiger partial charge < -0.3 is 15.7 Å². The first kappa shape index (κ1) is 17.0. The van der Waals surface area contributed by atoms with Crippen LogP contribution in [-0.4, -0.2) is 41.0 Å². The van der Waals surface area contributed by atoms with Crippen molar-refractivity contribution in [2.45, 2.75) is 64.8 Å². The monoisotopic (exact) mass is 284 g/mol. The highest BCUT2D eigenvalue weighted by atomic mass is 16.4. The molecule has 0 aliphatic carbocycles. The molecule has 0 aromatic rings. The number of hydrogen-bond acceptors (Lipinski definition) is 3. The molecule has 1 rings (SSSR count). The zero-order chi connectivity index (χ0) is 15.2. The predicted molar refractivity (Wildman–Crippen MR) is 78.3 cm³/mol. The van der Waals surface area contributed by atoms with Gasteiger partial charge in [-0.05, 0) is 25.7 Å². The van der Waals surface area contributed by atoms with Crippen molar-refractivity contribution < 1.29 is 14.7 Å². The van der Waals surface area contributed by atoms with E-state index in [2.05, 4.69) is 6.92 Å². The van der Waals surface area contributed by atoms with Gasteiger partial charge in [-0.2, -0.15) is 0 Å². The van der Waals surface area contributed by atoms with E-state index >= 15 is 0 Å². The molecule has 0 aromatic carbocycles. The zero-order valence-corrected chi connectivity index (χ0v) is 12.7. The topological polar surface area (TPSA) is 83.6 Å². The van der Waals surface area contributed by atoms with Crippen LogP contribution < -0.4 is 5.73 Å². The Labute approximate surface area is 121 Å². The van der Waals surface area contributed by atoms with Gasteiger partial charge in [0.2, 0.25) is 5.91 Å². The Hall–Kier alpha value is -1.10. The zero-order valence-electron chi connectivity index (χ0n) is 12.7. The third kappa shape index (κ3) is 3.95. The van der Waals surface area contributed by atoms with E-state index in [1.807, 2.05) is 6.92 Å². The van der Waals surface area contributed by atoms with Crippen LogP contribution in [0.25, 0.3) is 0 Å². The lowest BCUT2D eigenvalue weighted by Gasteiger charge is -2.40. The van der Waals surface area contributed by atoms with Crippen LogP contribution in [0.5, 0.6) is 0 Å². The molecule has 1 heterocycles. The van der Waals surface area contributed by atoms with Gasteiger partial charge >= 0.3 is 5.97 Å². The number of carbonyl (C=O) groups is 2. The molecule has 0 saturated carbocycles. The van der Waals surface area contributed by atoms with Crippen molar-refractivity contribution in [2.75, 3.05) is 13.1 Å². The first-order valence-electron chi connectivity index (χ1n) is 7.74. The minimum atomic E-state index is -0.779. The van der Waals surface area contributed by atoms with Crippen molar-refractivity contribution in [1.82, 2.24) is 4.90 Å². The number of aliphatic carboxylic acids is 1. The van der Waals surface area contributed by atoms with Crippen LogP contribution in [0.2, 0.25) is 0 Å². The minimum absolute atomic E-state index is 0.0834. The fraction of sp³-hybridized carbons (Fsp3) is 0.867. The molecule has 0 radical (unpaired) electrons. The van der Waals surface area contributed by atoms with E-state index in [9.17, 15) is 14.7 Å². The fourth-order valence-corrected chi connectivity index (χ4v) is 3.07. The highest BCUT2D eigenvalue weighted by Crippen LogP contribution is 2.35. The van der Waals surface area contributed by atoms with E-state index < -0.39 is 17.4 Å². The lowest BCUT2D eigenvalue weighted by molar-refractivity contribution is -0.155. The van der Waals surface area contributed by atoms with Gasteiger partial charge in [0, 0.05) is 13.1 Å². The van der Waals surface area contributed by atoms with Gasteiger partial charge in [-0.15, -0.1) is 0 Å². The molecule has 0 bridgehead atoms. The summed E-state index contributed by atoms with van der Waals surface area (Å²) in [5.74, 6) is -0.862. The fourth-order valence-electron chi connectivity index (χ4n) is 3.07. The number of nitrogens with zero attached hydrogens (tertiary/aromatic N) is 1. The van der Waals surface area contributed by atoms with Gasteiger partial charge in [-0.1, -0.05) is 33.1 Å².